The predicted molar refractivity (Wildman–Crippen MR) is 69.6 cm³/mol. The Morgan fingerprint density at radius 1 is 1.17 bits per heavy atom. The standard InChI is InChI=1S/C15H13FN2/c1-11-8-15(7-4-13(11)9-17)18-10-12-2-5-14(16)6-3-12/h2-8,18H,10H2,1H3. The van der Waals surface area contributed by atoms with Crippen LogP contribution in [0.3, 0.4) is 0 Å². The van der Waals surface area contributed by atoms with Crippen LogP contribution < -0.4 is 5.32 Å². The van der Waals surface area contributed by atoms with Crippen molar-refractivity contribution >= 4 is 5.69 Å². The number of benzene rings is 2. The van der Waals surface area contributed by atoms with Gasteiger partial charge in [-0.15, -0.1) is 0 Å². The van der Waals surface area contributed by atoms with Crippen molar-refractivity contribution in [2.24, 2.45) is 0 Å². The molecule has 0 spiro atoms. The van der Waals surface area contributed by atoms with Crippen LogP contribution in [0.4, 0.5) is 10.1 Å². The number of hydrogen-bond acceptors (Lipinski definition) is 2. The van der Waals surface area contributed by atoms with Crippen molar-refractivity contribution in [2.45, 2.75) is 13.5 Å². The monoisotopic (exact) mass is 240 g/mol. The summed E-state index contributed by atoms with van der Waals surface area (Å²) in [5.41, 5.74) is 3.60. The maximum atomic E-state index is 12.7. The van der Waals surface area contributed by atoms with Gasteiger partial charge in [0, 0.05) is 12.2 Å². The van der Waals surface area contributed by atoms with E-state index in [-0.39, 0.29) is 5.82 Å². The Labute approximate surface area is 106 Å². The van der Waals surface area contributed by atoms with Gasteiger partial charge >= 0.3 is 0 Å². The van der Waals surface area contributed by atoms with Gasteiger partial charge in [0.25, 0.3) is 0 Å². The first-order chi connectivity index (χ1) is 8.69. The second kappa shape index (κ2) is 5.33. The molecule has 0 aliphatic rings. The minimum absolute atomic E-state index is 0.229. The van der Waals surface area contributed by atoms with Crippen molar-refractivity contribution in [2.75, 3.05) is 5.32 Å². The first-order valence-corrected chi connectivity index (χ1v) is 5.68. The summed E-state index contributed by atoms with van der Waals surface area (Å²) in [7, 11) is 0. The first kappa shape index (κ1) is 12.1. The third-order valence-corrected chi connectivity index (χ3v) is 2.76. The highest BCUT2D eigenvalue weighted by Gasteiger charge is 1.99. The summed E-state index contributed by atoms with van der Waals surface area (Å²) in [6, 6.07) is 14.1. The van der Waals surface area contributed by atoms with Crippen LogP contribution >= 0.6 is 0 Å². The third-order valence-electron chi connectivity index (χ3n) is 2.76. The van der Waals surface area contributed by atoms with E-state index >= 15 is 0 Å². The summed E-state index contributed by atoms with van der Waals surface area (Å²) in [6.45, 7) is 2.53. The van der Waals surface area contributed by atoms with Crippen LogP contribution in [0.2, 0.25) is 0 Å². The van der Waals surface area contributed by atoms with E-state index in [2.05, 4.69) is 11.4 Å². The molecule has 0 atom stereocenters. The molecule has 0 bridgehead atoms. The highest BCUT2D eigenvalue weighted by Crippen LogP contribution is 2.15. The Bertz CT molecular complexity index is 582. The summed E-state index contributed by atoms with van der Waals surface area (Å²) in [5, 5.41) is 12.1. The number of aryl methyl sites for hydroxylation is 1. The second-order valence-electron chi connectivity index (χ2n) is 4.12. The molecule has 0 heterocycles. The fourth-order valence-electron chi connectivity index (χ4n) is 1.71. The van der Waals surface area contributed by atoms with Crippen molar-refractivity contribution in [1.82, 2.24) is 0 Å². The zero-order valence-electron chi connectivity index (χ0n) is 10.1. The molecule has 0 radical (unpaired) electrons. The van der Waals surface area contributed by atoms with E-state index in [0.29, 0.717) is 12.1 Å². The molecule has 0 amide bonds. The van der Waals surface area contributed by atoms with Crippen LogP contribution in [0.15, 0.2) is 42.5 Å². The third kappa shape index (κ3) is 2.86. The molecule has 0 aromatic heterocycles. The Balaban J connectivity index is 2.04. The van der Waals surface area contributed by atoms with Gasteiger partial charge < -0.3 is 5.32 Å². The summed E-state index contributed by atoms with van der Waals surface area (Å²) < 4.78 is 12.7. The van der Waals surface area contributed by atoms with E-state index in [4.69, 9.17) is 5.26 Å². The first-order valence-electron chi connectivity index (χ1n) is 5.68. The number of nitrogens with zero attached hydrogens (tertiary/aromatic N) is 1. The van der Waals surface area contributed by atoms with Crippen LogP contribution in [0, 0.1) is 24.1 Å². The Hall–Kier alpha value is -2.34. The Kier molecular flexibility index (Phi) is 3.59. The molecule has 0 aliphatic heterocycles. The van der Waals surface area contributed by atoms with E-state index in [0.717, 1.165) is 16.8 Å². The largest absolute Gasteiger partial charge is 0.381 e. The summed E-state index contributed by atoms with van der Waals surface area (Å²) in [4.78, 5) is 0. The van der Waals surface area contributed by atoms with Gasteiger partial charge in [0.1, 0.15) is 5.82 Å². The lowest BCUT2D eigenvalue weighted by Crippen LogP contribution is -2.00. The van der Waals surface area contributed by atoms with Crippen molar-refractivity contribution in [1.29, 1.82) is 5.26 Å². The molecule has 0 unspecified atom stereocenters. The summed E-state index contributed by atoms with van der Waals surface area (Å²) in [6.07, 6.45) is 0. The molecule has 3 heteroatoms. The molecule has 2 aromatic carbocycles. The average Bonchev–Trinajstić information content (AvgIpc) is 2.38. The van der Waals surface area contributed by atoms with Crippen LogP contribution in [0.5, 0.6) is 0 Å². The smallest absolute Gasteiger partial charge is 0.123 e. The molecule has 1 N–H and O–H groups in total. The van der Waals surface area contributed by atoms with Gasteiger partial charge in [0.15, 0.2) is 0 Å². The van der Waals surface area contributed by atoms with Crippen LogP contribution in [-0.2, 0) is 6.54 Å². The molecule has 2 aromatic rings. The Morgan fingerprint density at radius 2 is 1.89 bits per heavy atom. The number of nitriles is 1. The van der Waals surface area contributed by atoms with Gasteiger partial charge in [0.05, 0.1) is 11.6 Å². The molecule has 2 nitrogen and oxygen atoms in total. The molecule has 90 valence electrons. The van der Waals surface area contributed by atoms with Crippen molar-refractivity contribution < 1.29 is 4.39 Å². The molecule has 2 rings (SSSR count). The van der Waals surface area contributed by atoms with E-state index in [1.165, 1.54) is 12.1 Å². The number of halogens is 1. The minimum Gasteiger partial charge on any atom is -0.381 e. The lowest BCUT2D eigenvalue weighted by atomic mass is 10.1. The number of rotatable bonds is 3. The number of anilines is 1. The normalized spacial score (nSPS) is 9.83. The quantitative estimate of drug-likeness (QED) is 0.889. The maximum absolute atomic E-state index is 12.7. The SMILES string of the molecule is Cc1cc(NCc2ccc(F)cc2)ccc1C#N. The average molecular weight is 240 g/mol. The van der Waals surface area contributed by atoms with Gasteiger partial charge in [-0.25, -0.2) is 4.39 Å². The maximum Gasteiger partial charge on any atom is 0.123 e. The lowest BCUT2D eigenvalue weighted by molar-refractivity contribution is 0.627. The van der Waals surface area contributed by atoms with E-state index in [9.17, 15) is 4.39 Å². The summed E-state index contributed by atoms with van der Waals surface area (Å²) in [5.74, 6) is -0.229. The van der Waals surface area contributed by atoms with Gasteiger partial charge in [-0.05, 0) is 48.4 Å². The van der Waals surface area contributed by atoms with Crippen molar-refractivity contribution in [3.8, 4) is 6.07 Å². The minimum atomic E-state index is -0.229. The topological polar surface area (TPSA) is 35.8 Å². The van der Waals surface area contributed by atoms with Crippen LogP contribution in [-0.4, -0.2) is 0 Å². The Morgan fingerprint density at radius 3 is 2.50 bits per heavy atom. The van der Waals surface area contributed by atoms with Gasteiger partial charge in [-0.2, -0.15) is 5.26 Å². The van der Waals surface area contributed by atoms with Crippen LogP contribution in [0.25, 0.3) is 0 Å². The fourth-order valence-corrected chi connectivity index (χ4v) is 1.71. The molecule has 0 aliphatic carbocycles. The van der Waals surface area contributed by atoms with E-state index < -0.39 is 0 Å². The highest BCUT2D eigenvalue weighted by molar-refractivity contribution is 5.51. The highest BCUT2D eigenvalue weighted by atomic mass is 19.1. The number of hydrogen-bond donors (Lipinski definition) is 1. The van der Waals surface area contributed by atoms with Gasteiger partial charge in [0.2, 0.25) is 0 Å². The molecule has 18 heavy (non-hydrogen) atoms. The molecular formula is C15H13FN2. The van der Waals surface area contributed by atoms with Crippen molar-refractivity contribution in [3.63, 3.8) is 0 Å². The van der Waals surface area contributed by atoms with Crippen LogP contribution in [0.1, 0.15) is 16.7 Å². The van der Waals surface area contributed by atoms with Gasteiger partial charge in [-0.3, -0.25) is 0 Å². The fraction of sp³-hybridized carbons (Fsp3) is 0.133. The second-order valence-corrected chi connectivity index (χ2v) is 4.12. The van der Waals surface area contributed by atoms with E-state index in [1.54, 1.807) is 18.2 Å². The number of nitrogens with one attached hydrogen (secondary N) is 1. The molecule has 0 saturated carbocycles. The lowest BCUT2D eigenvalue weighted by Gasteiger charge is -2.08. The zero-order valence-corrected chi connectivity index (χ0v) is 10.1. The molecule has 0 fully saturated rings. The molecular weight excluding hydrogens is 227 g/mol. The molecule has 0 saturated heterocycles. The van der Waals surface area contributed by atoms with Gasteiger partial charge in [-0.1, -0.05) is 12.1 Å². The summed E-state index contributed by atoms with van der Waals surface area (Å²) >= 11 is 0. The van der Waals surface area contributed by atoms with Crippen molar-refractivity contribution in [3.05, 3.63) is 65.0 Å². The zero-order chi connectivity index (χ0) is 13.0. The predicted octanol–water partition coefficient (Wildman–Crippen LogP) is 3.62. The van der Waals surface area contributed by atoms with E-state index in [1.807, 2.05) is 19.1 Å².